The van der Waals surface area contributed by atoms with Crippen LogP contribution in [-0.4, -0.2) is 132 Å². The van der Waals surface area contributed by atoms with Crippen molar-refractivity contribution in [2.75, 3.05) is 83.6 Å². The molecule has 24 heteroatoms. The van der Waals surface area contributed by atoms with E-state index in [0.29, 0.717) is 60.9 Å². The molecule has 4 aromatic rings. The summed E-state index contributed by atoms with van der Waals surface area (Å²) in [5.74, 6) is 0.254. The van der Waals surface area contributed by atoms with Crippen LogP contribution < -0.4 is 19.3 Å². The number of hydrogen-bond donors (Lipinski definition) is 1. The van der Waals surface area contributed by atoms with Gasteiger partial charge in [0, 0.05) is 69.9 Å². The van der Waals surface area contributed by atoms with E-state index >= 15 is 0 Å². The van der Waals surface area contributed by atoms with Crippen LogP contribution >= 0.6 is 46.4 Å². The van der Waals surface area contributed by atoms with Crippen molar-refractivity contribution in [3.05, 3.63) is 79.3 Å². The second-order valence-corrected chi connectivity index (χ2v) is 16.0. The fourth-order valence-corrected chi connectivity index (χ4v) is 8.04. The summed E-state index contributed by atoms with van der Waals surface area (Å²) in [6.45, 7) is 4.32. The lowest BCUT2D eigenvalue weighted by Crippen LogP contribution is -2.57. The smallest absolute Gasteiger partial charge is 0.436 e. The quantitative estimate of drug-likeness (QED) is 0.149. The minimum absolute atomic E-state index is 0. The van der Waals surface area contributed by atoms with Gasteiger partial charge >= 0.3 is 12.4 Å². The van der Waals surface area contributed by atoms with Gasteiger partial charge in [0.15, 0.2) is 11.4 Å². The number of anilines is 2. The zero-order chi connectivity index (χ0) is 46.6. The number of aliphatic hydroxyl groups excluding tert-OH is 1. The van der Waals surface area contributed by atoms with Crippen molar-refractivity contribution in [1.82, 2.24) is 29.4 Å². The first-order valence-corrected chi connectivity index (χ1v) is 20.6. The predicted molar refractivity (Wildman–Crippen MR) is 231 cm³/mol. The number of aliphatic hydroxyl groups is 1. The predicted octanol–water partition coefficient (Wildman–Crippen LogP) is 7.76. The molecule has 0 unspecified atom stereocenters. The fraction of sp³-hybridized carbons (Fsp3) is 0.500. The molecule has 0 spiro atoms. The number of halogens is 10. The van der Waals surface area contributed by atoms with E-state index in [1.54, 1.807) is 36.3 Å². The van der Waals surface area contributed by atoms with E-state index in [9.17, 15) is 41.0 Å². The fourth-order valence-electron chi connectivity index (χ4n) is 7.16. The van der Waals surface area contributed by atoms with Gasteiger partial charge in [0.2, 0.25) is 11.8 Å². The van der Waals surface area contributed by atoms with Crippen molar-refractivity contribution < 1.29 is 55.2 Å². The van der Waals surface area contributed by atoms with Gasteiger partial charge in [-0.3, -0.25) is 19.0 Å². The highest BCUT2D eigenvalue weighted by molar-refractivity contribution is 6.33. The first kappa shape index (κ1) is 52.3. The third-order valence-electron chi connectivity index (χ3n) is 10.5. The van der Waals surface area contributed by atoms with Crippen molar-refractivity contribution in [3.8, 4) is 11.5 Å². The van der Waals surface area contributed by atoms with E-state index in [-0.39, 0.29) is 57.0 Å². The summed E-state index contributed by atoms with van der Waals surface area (Å²) >= 11 is 23.7. The molecule has 2 fully saturated rings. The molecule has 2 atom stereocenters. The molecule has 14 nitrogen and oxygen atoms in total. The molecule has 4 heterocycles. The number of carbonyl (C=O) groups is 2. The SMILES string of the molecule is C.COC[C@H]1CN(C(=O)Cn2nc(C(F)(F)F)c(Cl)c2C)CCN1c1ccc(Cl)c(OC)c1.COc1cc(N2CCN(C(=O)Cn3nc(C(F)(F)F)c(Cl)c3C)C[C@@H]2CO)ccc1Cl. The molecule has 2 aliphatic rings. The number of methoxy groups -OCH3 is 3. The van der Waals surface area contributed by atoms with Crippen molar-refractivity contribution in [1.29, 1.82) is 0 Å². The van der Waals surface area contributed by atoms with Gasteiger partial charge in [-0.1, -0.05) is 53.8 Å². The van der Waals surface area contributed by atoms with Gasteiger partial charge in [0.25, 0.3) is 0 Å². The molecule has 6 rings (SSSR count). The minimum Gasteiger partial charge on any atom is -0.495 e. The molecule has 354 valence electrons. The summed E-state index contributed by atoms with van der Waals surface area (Å²) in [5, 5.41) is 16.8. The molecular weight excluding hydrogens is 944 g/mol. The summed E-state index contributed by atoms with van der Waals surface area (Å²) in [5.41, 5.74) is -0.611. The van der Waals surface area contributed by atoms with Crippen LogP contribution in [0, 0.1) is 13.8 Å². The summed E-state index contributed by atoms with van der Waals surface area (Å²) in [7, 11) is 4.59. The van der Waals surface area contributed by atoms with Crippen LogP contribution in [-0.2, 0) is 39.8 Å². The molecule has 2 saturated heterocycles. The Labute approximate surface area is 386 Å². The van der Waals surface area contributed by atoms with Gasteiger partial charge in [0.05, 0.1) is 71.0 Å². The summed E-state index contributed by atoms with van der Waals surface area (Å²) < 4.78 is 96.0. The third kappa shape index (κ3) is 11.9. The molecule has 0 radical (unpaired) electrons. The van der Waals surface area contributed by atoms with Crippen LogP contribution in [0.5, 0.6) is 11.5 Å². The van der Waals surface area contributed by atoms with Gasteiger partial charge in [-0.25, -0.2) is 0 Å². The number of nitrogens with zero attached hydrogens (tertiary/aromatic N) is 8. The Kier molecular flexibility index (Phi) is 17.8. The normalized spacial score (nSPS) is 16.9. The van der Waals surface area contributed by atoms with Crippen LogP contribution in [0.25, 0.3) is 0 Å². The number of alkyl halides is 6. The Bertz CT molecular complexity index is 2260. The molecule has 64 heavy (non-hydrogen) atoms. The van der Waals surface area contributed by atoms with E-state index in [1.165, 1.54) is 33.0 Å². The van der Waals surface area contributed by atoms with Gasteiger partial charge < -0.3 is 38.9 Å². The highest BCUT2D eigenvalue weighted by atomic mass is 35.5. The average Bonchev–Trinajstić information content (AvgIpc) is 3.70. The summed E-state index contributed by atoms with van der Waals surface area (Å²) in [4.78, 5) is 32.7. The largest absolute Gasteiger partial charge is 0.495 e. The Morgan fingerprint density at radius 2 is 1.08 bits per heavy atom. The highest BCUT2D eigenvalue weighted by Crippen LogP contribution is 2.37. The van der Waals surface area contributed by atoms with Crippen LogP contribution in [0.15, 0.2) is 36.4 Å². The lowest BCUT2D eigenvalue weighted by Gasteiger charge is -2.42. The average molecular weight is 993 g/mol. The zero-order valence-corrected chi connectivity index (χ0v) is 37.6. The molecule has 1 N–H and O–H groups in total. The maximum Gasteiger partial charge on any atom is 0.436 e. The summed E-state index contributed by atoms with van der Waals surface area (Å²) in [6.07, 6.45) is -9.39. The molecule has 2 aromatic heterocycles. The molecule has 2 aliphatic heterocycles. The van der Waals surface area contributed by atoms with E-state index in [2.05, 4.69) is 15.1 Å². The van der Waals surface area contributed by atoms with E-state index in [1.807, 2.05) is 17.0 Å². The number of rotatable bonds is 11. The molecule has 0 saturated carbocycles. The van der Waals surface area contributed by atoms with Crippen LogP contribution in [0.4, 0.5) is 37.7 Å². The van der Waals surface area contributed by atoms with E-state index in [4.69, 9.17) is 60.6 Å². The third-order valence-corrected chi connectivity index (χ3v) is 12.1. The maximum absolute atomic E-state index is 13.1. The van der Waals surface area contributed by atoms with Crippen LogP contribution in [0.1, 0.15) is 30.2 Å². The second-order valence-electron chi connectivity index (χ2n) is 14.5. The molecule has 0 aliphatic carbocycles. The molecule has 2 aromatic carbocycles. The minimum atomic E-state index is -4.70. The maximum atomic E-state index is 13.1. The highest BCUT2D eigenvalue weighted by Gasteiger charge is 2.40. The van der Waals surface area contributed by atoms with Crippen LogP contribution in [0.2, 0.25) is 20.1 Å². The number of benzene rings is 2. The van der Waals surface area contributed by atoms with E-state index in [0.717, 1.165) is 20.7 Å². The Morgan fingerprint density at radius 1 is 0.688 bits per heavy atom. The number of ether oxygens (including phenoxy) is 3. The first-order chi connectivity index (χ1) is 29.6. The number of amides is 2. The lowest BCUT2D eigenvalue weighted by molar-refractivity contribution is -0.142. The molecule has 0 bridgehead atoms. The van der Waals surface area contributed by atoms with Crippen molar-refractivity contribution >= 4 is 69.6 Å². The Hall–Kier alpha value is -4.34. The van der Waals surface area contributed by atoms with Crippen molar-refractivity contribution in [3.63, 3.8) is 0 Å². The second kappa shape index (κ2) is 21.8. The Morgan fingerprint density at radius 3 is 1.42 bits per heavy atom. The summed E-state index contributed by atoms with van der Waals surface area (Å²) in [6, 6.07) is 10.1. The number of aromatic nitrogens is 4. The van der Waals surface area contributed by atoms with Gasteiger partial charge in [-0.05, 0) is 38.1 Å². The molecule has 2 amide bonds. The first-order valence-electron chi connectivity index (χ1n) is 19.1. The van der Waals surface area contributed by atoms with Crippen LogP contribution in [0.3, 0.4) is 0 Å². The monoisotopic (exact) mass is 990 g/mol. The topological polar surface area (TPSA) is 131 Å². The van der Waals surface area contributed by atoms with Gasteiger partial charge in [-0.15, -0.1) is 0 Å². The zero-order valence-electron chi connectivity index (χ0n) is 34.5. The van der Waals surface area contributed by atoms with Crippen molar-refractivity contribution in [2.24, 2.45) is 0 Å². The van der Waals surface area contributed by atoms with Gasteiger partial charge in [-0.2, -0.15) is 36.5 Å². The number of carbonyl (C=O) groups excluding carboxylic acids is 2. The lowest BCUT2D eigenvalue weighted by atomic mass is 10.1. The standard InChI is InChI=1S/C20H23Cl2F3N4O3.C19H21Cl2F3N4O3.CH4/c1-12-18(22)19(20(23,24)25)26-29(12)10-17(30)27-6-7-28(14(9-27)11-31-2)13-4-5-15(21)16(8-13)32-3;1-11-17(21)18(19(22,23)24)25-28(11)9-16(30)26-5-6-27(13(8-26)10-29)12-3-4-14(20)15(7-12)31-2;/h4-5,8,14H,6-7,9-11H2,1-3H3;3-4,7,13,29H,5-6,8-10H2,1-2H3;1H4/t14-;13-;/m11./s1. The van der Waals surface area contributed by atoms with E-state index < -0.39 is 45.7 Å². The number of piperazine rings is 2. The van der Waals surface area contributed by atoms with Gasteiger partial charge in [0.1, 0.15) is 24.6 Å². The van der Waals surface area contributed by atoms with Crippen molar-refractivity contribution in [2.45, 2.75) is 58.8 Å². The number of hydrogen-bond acceptors (Lipinski definition) is 10. The Balaban J connectivity index is 0.000000276. The molecular formula is C40H48Cl4F6N8O6.